The van der Waals surface area contributed by atoms with E-state index in [-0.39, 0.29) is 0 Å². The highest BCUT2D eigenvalue weighted by atomic mass is 15.0. The summed E-state index contributed by atoms with van der Waals surface area (Å²) in [7, 11) is 0. The average Bonchev–Trinajstić information content (AvgIpc) is 3.53. The van der Waals surface area contributed by atoms with Crippen LogP contribution in [0.4, 0.5) is 0 Å². The highest BCUT2D eigenvalue weighted by Gasteiger charge is 2.16. The van der Waals surface area contributed by atoms with Crippen molar-refractivity contribution in [3.8, 4) is 22.5 Å². The molecular weight excluding hydrogens is 496 g/mol. The lowest BCUT2D eigenvalue weighted by molar-refractivity contribution is 1.15. The molecule has 0 bridgehead atoms. The van der Waals surface area contributed by atoms with Crippen molar-refractivity contribution in [1.29, 1.82) is 0 Å². The summed E-state index contributed by atoms with van der Waals surface area (Å²) < 4.78 is 4.77. The molecule has 0 aliphatic rings. The first-order chi connectivity index (χ1) is 20.2. The van der Waals surface area contributed by atoms with E-state index >= 15 is 0 Å². The van der Waals surface area contributed by atoms with Crippen molar-refractivity contribution in [3.63, 3.8) is 0 Å². The molecule has 0 amide bonds. The molecule has 0 N–H and O–H groups in total. The maximum absolute atomic E-state index is 4.32. The number of nitrogens with zero attached hydrogens (tertiary/aromatic N) is 2. The third-order valence-corrected chi connectivity index (χ3v) is 8.40. The second-order valence-corrected chi connectivity index (χ2v) is 10.6. The Morgan fingerprint density at radius 2 is 1.10 bits per heavy atom. The molecule has 8 rings (SSSR count). The van der Waals surface area contributed by atoms with Gasteiger partial charge in [-0.25, -0.2) is 0 Å². The van der Waals surface area contributed by atoms with E-state index in [1.807, 2.05) is 0 Å². The lowest BCUT2D eigenvalue weighted by Gasteiger charge is -2.11. The van der Waals surface area contributed by atoms with Gasteiger partial charge in [0.1, 0.15) is 0 Å². The van der Waals surface area contributed by atoms with Crippen LogP contribution < -0.4 is 10.4 Å². The predicted octanol–water partition coefficient (Wildman–Crippen LogP) is 8.76. The summed E-state index contributed by atoms with van der Waals surface area (Å²) in [6.07, 6.45) is 2.17. The molecule has 0 fully saturated rings. The first-order valence-electron chi connectivity index (χ1n) is 14.1. The van der Waals surface area contributed by atoms with Crippen molar-refractivity contribution in [3.05, 3.63) is 144 Å². The molecule has 0 unspecified atom stereocenters. The minimum absolute atomic E-state index is 1.03. The number of aromatic nitrogens is 2. The van der Waals surface area contributed by atoms with Crippen LogP contribution in [-0.2, 0) is 0 Å². The second-order valence-electron chi connectivity index (χ2n) is 10.6. The Morgan fingerprint density at radius 3 is 1.88 bits per heavy atom. The number of rotatable bonds is 3. The fourth-order valence-electron chi connectivity index (χ4n) is 6.55. The molecule has 0 aliphatic carbocycles. The second kappa shape index (κ2) is 9.11. The van der Waals surface area contributed by atoms with E-state index in [1.54, 1.807) is 0 Å². The minimum atomic E-state index is 1.03. The van der Waals surface area contributed by atoms with Gasteiger partial charge in [0, 0.05) is 32.5 Å². The van der Waals surface area contributed by atoms with Crippen molar-refractivity contribution < 1.29 is 0 Å². The highest BCUT2D eigenvalue weighted by Crippen LogP contribution is 2.37. The zero-order valence-corrected chi connectivity index (χ0v) is 22.9. The van der Waals surface area contributed by atoms with Crippen molar-refractivity contribution in [2.45, 2.75) is 6.92 Å². The average molecular weight is 525 g/mol. The number of benzene rings is 6. The lowest BCUT2D eigenvalue weighted by atomic mass is 10.0. The summed E-state index contributed by atoms with van der Waals surface area (Å²) in [5.74, 6) is 0. The molecule has 0 saturated heterocycles. The number of para-hydroxylation sites is 3. The Hall–Kier alpha value is -5.34. The number of fused-ring (bicyclic) bond motifs is 6. The zero-order valence-electron chi connectivity index (χ0n) is 22.9. The number of hydrogen-bond acceptors (Lipinski definition) is 0. The van der Waals surface area contributed by atoms with Gasteiger partial charge in [0.2, 0.25) is 0 Å². The van der Waals surface area contributed by atoms with Gasteiger partial charge in [0.05, 0.1) is 27.8 Å². The smallest absolute Gasteiger partial charge is 0.0547 e. The fourth-order valence-corrected chi connectivity index (χ4v) is 6.55. The maximum atomic E-state index is 4.32. The Kier molecular flexibility index (Phi) is 5.23. The fraction of sp³-hybridized carbons (Fsp3) is 0.0256. The Bertz CT molecular complexity index is 2390. The Balaban J connectivity index is 1.40. The molecule has 2 aromatic heterocycles. The Morgan fingerprint density at radius 1 is 0.488 bits per heavy atom. The summed E-state index contributed by atoms with van der Waals surface area (Å²) in [6, 6.07) is 48.2. The quantitative estimate of drug-likeness (QED) is 0.219. The third kappa shape index (κ3) is 3.51. The van der Waals surface area contributed by atoms with Crippen LogP contribution in [0, 0.1) is 0 Å². The van der Waals surface area contributed by atoms with E-state index in [0.29, 0.717) is 0 Å². The third-order valence-electron chi connectivity index (χ3n) is 8.40. The van der Waals surface area contributed by atoms with Crippen molar-refractivity contribution in [2.75, 3.05) is 0 Å². The summed E-state index contributed by atoms with van der Waals surface area (Å²) in [6.45, 7) is 6.41. The molecule has 2 nitrogen and oxygen atoms in total. The van der Waals surface area contributed by atoms with Gasteiger partial charge < -0.3 is 9.13 Å². The zero-order chi connectivity index (χ0) is 27.5. The Labute approximate surface area is 238 Å². The molecule has 2 heteroatoms. The van der Waals surface area contributed by atoms with E-state index in [0.717, 1.165) is 16.1 Å². The van der Waals surface area contributed by atoms with Crippen molar-refractivity contribution in [1.82, 2.24) is 9.13 Å². The summed E-state index contributed by atoms with van der Waals surface area (Å²) in [5.41, 5.74) is 9.58. The van der Waals surface area contributed by atoms with E-state index in [4.69, 9.17) is 0 Å². The summed E-state index contributed by atoms with van der Waals surface area (Å²) >= 11 is 0. The summed E-state index contributed by atoms with van der Waals surface area (Å²) in [5, 5.41) is 7.23. The topological polar surface area (TPSA) is 9.86 Å². The van der Waals surface area contributed by atoms with Crippen LogP contribution in [0.25, 0.3) is 78.8 Å². The molecule has 8 aromatic rings. The monoisotopic (exact) mass is 524 g/mol. The van der Waals surface area contributed by atoms with E-state index < -0.39 is 0 Å². The van der Waals surface area contributed by atoms with Gasteiger partial charge in [-0.05, 0) is 71.8 Å². The largest absolute Gasteiger partial charge is 0.309 e. The van der Waals surface area contributed by atoms with Crippen LogP contribution in [0.3, 0.4) is 0 Å². The van der Waals surface area contributed by atoms with Crippen LogP contribution in [0.2, 0.25) is 0 Å². The van der Waals surface area contributed by atoms with Crippen LogP contribution in [0.1, 0.15) is 6.92 Å². The molecule has 0 radical (unpaired) electrons. The van der Waals surface area contributed by atoms with Gasteiger partial charge in [-0.1, -0.05) is 97.6 Å². The van der Waals surface area contributed by atoms with Crippen molar-refractivity contribution >= 4 is 56.3 Å². The molecule has 6 aromatic carbocycles. The van der Waals surface area contributed by atoms with E-state index in [1.165, 1.54) is 60.4 Å². The molecule has 194 valence electrons. The molecule has 2 heterocycles. The van der Waals surface area contributed by atoms with E-state index in [2.05, 4.69) is 162 Å². The molecule has 0 saturated carbocycles. The number of hydrogen-bond donors (Lipinski definition) is 0. The van der Waals surface area contributed by atoms with Gasteiger partial charge in [-0.15, -0.1) is 0 Å². The maximum Gasteiger partial charge on any atom is 0.0547 e. The van der Waals surface area contributed by atoms with Gasteiger partial charge in [-0.3, -0.25) is 0 Å². The van der Waals surface area contributed by atoms with Gasteiger partial charge in [0.25, 0.3) is 0 Å². The molecule has 0 aliphatic heterocycles. The highest BCUT2D eigenvalue weighted by molar-refractivity contribution is 6.12. The van der Waals surface area contributed by atoms with Gasteiger partial charge in [-0.2, -0.15) is 0 Å². The predicted molar refractivity (Wildman–Crippen MR) is 175 cm³/mol. The first-order valence-corrected chi connectivity index (χ1v) is 14.1. The molecule has 0 atom stereocenters. The van der Waals surface area contributed by atoms with Crippen LogP contribution >= 0.6 is 0 Å². The lowest BCUT2D eigenvalue weighted by Crippen LogP contribution is -2.27. The SMILES string of the molecule is C=c1cccc(-n2c3ccccc3c3ccc(-c4ccc5c(c4)c4ccccc4n5-c4ccccc4)cc32)/c1=C/C. The molecule has 41 heavy (non-hydrogen) atoms. The summed E-state index contributed by atoms with van der Waals surface area (Å²) in [4.78, 5) is 0. The normalized spacial score (nSPS) is 12.3. The van der Waals surface area contributed by atoms with Crippen molar-refractivity contribution in [2.24, 2.45) is 0 Å². The van der Waals surface area contributed by atoms with Crippen LogP contribution in [0.5, 0.6) is 0 Å². The van der Waals surface area contributed by atoms with E-state index in [9.17, 15) is 0 Å². The first kappa shape index (κ1) is 23.5. The van der Waals surface area contributed by atoms with Gasteiger partial charge >= 0.3 is 0 Å². The molecular formula is C39H28N2. The molecule has 0 spiro atoms. The van der Waals surface area contributed by atoms with Crippen LogP contribution in [0.15, 0.2) is 133 Å². The van der Waals surface area contributed by atoms with Gasteiger partial charge in [0.15, 0.2) is 0 Å². The minimum Gasteiger partial charge on any atom is -0.309 e. The van der Waals surface area contributed by atoms with Crippen LogP contribution in [-0.4, -0.2) is 9.13 Å². The standard InChI is InChI=1S/C39H28N2/c1-3-30-26(2)12-11-19-35(30)41-37-18-10-7-15-31(37)33-22-20-28(25-39(33)41)27-21-23-38-34(24-27)32-16-8-9-17-36(32)40(38)29-13-5-4-6-14-29/h3-25H,2H2,1H3/b30-3+.